The van der Waals surface area contributed by atoms with Gasteiger partial charge in [0.15, 0.2) is 0 Å². The van der Waals surface area contributed by atoms with Gasteiger partial charge >= 0.3 is 0 Å². The van der Waals surface area contributed by atoms with E-state index in [-0.39, 0.29) is 5.82 Å². The van der Waals surface area contributed by atoms with Crippen molar-refractivity contribution in [1.29, 1.82) is 0 Å². The van der Waals surface area contributed by atoms with Crippen LogP contribution in [0.25, 0.3) is 11.3 Å². The smallest absolute Gasteiger partial charge is 0.138 e. The summed E-state index contributed by atoms with van der Waals surface area (Å²) >= 11 is 0. The molecule has 1 aromatic heterocycles. The fraction of sp³-hybridized carbons (Fsp3) is 0. The van der Waals surface area contributed by atoms with Crippen LogP contribution in [0.5, 0.6) is 11.5 Å². The number of rotatable bonds is 3. The quantitative estimate of drug-likeness (QED) is 0.664. The largest absolute Gasteiger partial charge is 0.464 e. The molecule has 3 aromatic rings. The Bertz CT molecular complexity index is 675. The van der Waals surface area contributed by atoms with Crippen LogP contribution < -0.4 is 4.74 Å². The molecule has 3 rings (SSSR count). The number of ether oxygens (including phenoxy) is 1. The second kappa shape index (κ2) is 4.98. The van der Waals surface area contributed by atoms with Crippen LogP contribution in [0.4, 0.5) is 4.39 Å². The Balaban J connectivity index is 1.97. The van der Waals surface area contributed by atoms with Crippen LogP contribution in [0.1, 0.15) is 0 Å². The zero-order valence-electron chi connectivity index (χ0n) is 10.0. The van der Waals surface area contributed by atoms with Crippen molar-refractivity contribution in [2.75, 3.05) is 0 Å². The molecular formula is C16H11FO2. The molecule has 0 spiro atoms. The van der Waals surface area contributed by atoms with Crippen molar-refractivity contribution >= 4 is 0 Å². The lowest BCUT2D eigenvalue weighted by atomic mass is 10.1. The van der Waals surface area contributed by atoms with Crippen molar-refractivity contribution in [3.8, 4) is 22.8 Å². The molecule has 0 aliphatic rings. The first-order chi connectivity index (χ1) is 9.33. The summed E-state index contributed by atoms with van der Waals surface area (Å²) in [6.07, 6.45) is 1.61. The predicted molar refractivity (Wildman–Crippen MR) is 70.6 cm³/mol. The first-order valence-electron chi connectivity index (χ1n) is 5.89. The molecule has 0 N–H and O–H groups in total. The highest BCUT2D eigenvalue weighted by Crippen LogP contribution is 2.33. The van der Waals surface area contributed by atoms with E-state index in [0.29, 0.717) is 17.3 Å². The third kappa shape index (κ3) is 2.50. The van der Waals surface area contributed by atoms with E-state index < -0.39 is 0 Å². The van der Waals surface area contributed by atoms with E-state index in [1.807, 2.05) is 36.4 Å². The Hall–Kier alpha value is -2.55. The summed E-state index contributed by atoms with van der Waals surface area (Å²) in [6, 6.07) is 17.2. The Morgan fingerprint density at radius 2 is 1.79 bits per heavy atom. The molecule has 0 fully saturated rings. The maximum atomic E-state index is 13.1. The fourth-order valence-electron chi connectivity index (χ4n) is 1.85. The number of furan rings is 1. The van der Waals surface area contributed by atoms with Crippen LogP contribution in [-0.4, -0.2) is 0 Å². The van der Waals surface area contributed by atoms with Crippen molar-refractivity contribution in [3.05, 3.63) is 72.7 Å². The van der Waals surface area contributed by atoms with Gasteiger partial charge in [0.2, 0.25) is 0 Å². The first kappa shape index (κ1) is 11.5. The Morgan fingerprint density at radius 1 is 0.895 bits per heavy atom. The molecule has 0 radical (unpaired) electrons. The fourth-order valence-corrected chi connectivity index (χ4v) is 1.85. The highest BCUT2D eigenvalue weighted by atomic mass is 19.1. The maximum absolute atomic E-state index is 13.1. The Labute approximate surface area is 110 Å². The van der Waals surface area contributed by atoms with E-state index in [1.165, 1.54) is 12.1 Å². The normalized spacial score (nSPS) is 10.4. The highest BCUT2D eigenvalue weighted by Gasteiger charge is 2.09. The van der Waals surface area contributed by atoms with Crippen LogP contribution in [0, 0.1) is 5.82 Å². The van der Waals surface area contributed by atoms with Crippen molar-refractivity contribution in [2.24, 2.45) is 0 Å². The van der Waals surface area contributed by atoms with Gasteiger partial charge in [-0.15, -0.1) is 0 Å². The summed E-state index contributed by atoms with van der Waals surface area (Å²) in [5.41, 5.74) is 0.830. The molecule has 3 heteroatoms. The van der Waals surface area contributed by atoms with Gasteiger partial charge in [-0.1, -0.05) is 18.2 Å². The standard InChI is InChI=1S/C16H11FO2/c17-12-5-3-6-13(11-12)19-16-8-2-1-7-14(16)15-9-4-10-18-15/h1-11H. The van der Waals surface area contributed by atoms with Gasteiger partial charge in [0.25, 0.3) is 0 Å². The van der Waals surface area contributed by atoms with E-state index in [0.717, 1.165) is 5.56 Å². The first-order valence-corrected chi connectivity index (χ1v) is 5.89. The molecule has 0 amide bonds. The van der Waals surface area contributed by atoms with Gasteiger partial charge in [-0.05, 0) is 36.4 Å². The summed E-state index contributed by atoms with van der Waals surface area (Å²) < 4.78 is 24.2. The molecule has 0 aliphatic heterocycles. The number of hydrogen-bond acceptors (Lipinski definition) is 2. The molecule has 0 unspecified atom stereocenters. The molecular weight excluding hydrogens is 243 g/mol. The molecule has 94 valence electrons. The van der Waals surface area contributed by atoms with Gasteiger partial charge in [-0.25, -0.2) is 4.39 Å². The average Bonchev–Trinajstić information content (AvgIpc) is 2.93. The average molecular weight is 254 g/mol. The van der Waals surface area contributed by atoms with Crippen molar-refractivity contribution in [3.63, 3.8) is 0 Å². The van der Waals surface area contributed by atoms with E-state index in [9.17, 15) is 4.39 Å². The molecule has 0 saturated carbocycles. The summed E-state index contributed by atoms with van der Waals surface area (Å²) in [5.74, 6) is 1.47. The van der Waals surface area contributed by atoms with Gasteiger partial charge in [-0.3, -0.25) is 0 Å². The summed E-state index contributed by atoms with van der Waals surface area (Å²) in [4.78, 5) is 0. The van der Waals surface area contributed by atoms with Crippen LogP contribution >= 0.6 is 0 Å². The van der Waals surface area contributed by atoms with Crippen molar-refractivity contribution in [1.82, 2.24) is 0 Å². The minimum absolute atomic E-state index is 0.326. The number of halogens is 1. The third-order valence-electron chi connectivity index (χ3n) is 2.70. The van der Waals surface area contributed by atoms with Gasteiger partial charge in [-0.2, -0.15) is 0 Å². The molecule has 2 aromatic carbocycles. The number of hydrogen-bond donors (Lipinski definition) is 0. The summed E-state index contributed by atoms with van der Waals surface area (Å²) in [5, 5.41) is 0. The van der Waals surface area contributed by atoms with E-state index >= 15 is 0 Å². The lowest BCUT2D eigenvalue weighted by Crippen LogP contribution is -1.88. The molecule has 0 atom stereocenters. The zero-order valence-corrected chi connectivity index (χ0v) is 10.0. The van der Waals surface area contributed by atoms with E-state index in [1.54, 1.807) is 18.4 Å². The topological polar surface area (TPSA) is 22.4 Å². The van der Waals surface area contributed by atoms with Gasteiger partial charge < -0.3 is 9.15 Å². The Kier molecular flexibility index (Phi) is 3.02. The van der Waals surface area contributed by atoms with Gasteiger partial charge in [0.1, 0.15) is 23.1 Å². The second-order valence-electron chi connectivity index (χ2n) is 4.03. The van der Waals surface area contributed by atoms with E-state index in [4.69, 9.17) is 9.15 Å². The third-order valence-corrected chi connectivity index (χ3v) is 2.70. The van der Waals surface area contributed by atoms with Crippen LogP contribution in [0.2, 0.25) is 0 Å². The second-order valence-corrected chi connectivity index (χ2v) is 4.03. The molecule has 0 aliphatic carbocycles. The van der Waals surface area contributed by atoms with Crippen LogP contribution in [0.15, 0.2) is 71.3 Å². The SMILES string of the molecule is Fc1cccc(Oc2ccccc2-c2ccco2)c1. The molecule has 19 heavy (non-hydrogen) atoms. The monoisotopic (exact) mass is 254 g/mol. The predicted octanol–water partition coefficient (Wildman–Crippen LogP) is 4.88. The number of benzene rings is 2. The van der Waals surface area contributed by atoms with Crippen molar-refractivity contribution in [2.45, 2.75) is 0 Å². The molecule has 1 heterocycles. The lowest BCUT2D eigenvalue weighted by molar-refractivity contribution is 0.475. The Morgan fingerprint density at radius 3 is 2.58 bits per heavy atom. The maximum Gasteiger partial charge on any atom is 0.138 e. The van der Waals surface area contributed by atoms with Crippen LogP contribution in [-0.2, 0) is 0 Å². The molecule has 0 saturated heterocycles. The minimum atomic E-state index is -0.326. The molecule has 0 bridgehead atoms. The van der Waals surface area contributed by atoms with Crippen molar-refractivity contribution < 1.29 is 13.5 Å². The number of para-hydroxylation sites is 1. The van der Waals surface area contributed by atoms with Crippen LogP contribution in [0.3, 0.4) is 0 Å². The van der Waals surface area contributed by atoms with Gasteiger partial charge in [0, 0.05) is 6.07 Å². The zero-order chi connectivity index (χ0) is 13.1. The summed E-state index contributed by atoms with van der Waals surface area (Å²) in [7, 11) is 0. The van der Waals surface area contributed by atoms with Gasteiger partial charge in [0.05, 0.1) is 11.8 Å². The van der Waals surface area contributed by atoms with E-state index in [2.05, 4.69) is 0 Å². The summed E-state index contributed by atoms with van der Waals surface area (Å²) in [6.45, 7) is 0. The lowest BCUT2D eigenvalue weighted by Gasteiger charge is -2.09. The minimum Gasteiger partial charge on any atom is -0.464 e. The highest BCUT2D eigenvalue weighted by molar-refractivity contribution is 5.66. The molecule has 2 nitrogen and oxygen atoms in total.